The molecule has 11 aromatic carbocycles. The first kappa shape index (κ1) is 42.0. The van der Waals surface area contributed by atoms with E-state index in [1.54, 1.807) is 0 Å². The summed E-state index contributed by atoms with van der Waals surface area (Å²) in [7, 11) is 0. The molecule has 0 fully saturated rings. The van der Waals surface area contributed by atoms with Crippen LogP contribution < -0.4 is 0 Å². The Balaban J connectivity index is 0.869. The molecule has 13 aromatic rings. The number of nitrogens with zero attached hydrogens (tertiary/aromatic N) is 3. The summed E-state index contributed by atoms with van der Waals surface area (Å²) in [5, 5.41) is 1.95. The SMILES string of the molecule is c1ccc(-c2cccc(-c3nc(-c4ccccc4-c4ccccc4)nc(-c4cccc5oc6ccc(-c7cccc(-c8ccc9c(c8)C8(c%10ccccc%10-c%10ccccc%108)c8ccccc8-9)c7)cc6c45)n3)c2)cc1. The third kappa shape index (κ3) is 6.45. The lowest BCUT2D eigenvalue weighted by Crippen LogP contribution is -2.25. The highest BCUT2D eigenvalue weighted by molar-refractivity contribution is 6.13. The van der Waals surface area contributed by atoms with Crippen LogP contribution in [0.5, 0.6) is 0 Å². The van der Waals surface area contributed by atoms with E-state index in [9.17, 15) is 0 Å². The maximum atomic E-state index is 6.66. The summed E-state index contributed by atoms with van der Waals surface area (Å²) in [6.07, 6.45) is 0. The van der Waals surface area contributed by atoms with Crippen molar-refractivity contribution in [1.82, 2.24) is 15.0 Å². The molecule has 2 aliphatic carbocycles. The van der Waals surface area contributed by atoms with E-state index in [0.717, 1.165) is 77.6 Å². The molecule has 2 aromatic heterocycles. The average Bonchev–Trinajstić information content (AvgIpc) is 4.12. The Kier molecular flexibility index (Phi) is 9.45. The highest BCUT2D eigenvalue weighted by atomic mass is 16.3. The van der Waals surface area contributed by atoms with E-state index in [2.05, 4.69) is 237 Å². The van der Waals surface area contributed by atoms with E-state index in [1.165, 1.54) is 50.1 Å². The first-order valence-electron chi connectivity index (χ1n) is 25.2. The van der Waals surface area contributed by atoms with Crippen LogP contribution in [0.2, 0.25) is 0 Å². The molecular weight excluding hydrogens is 899 g/mol. The van der Waals surface area contributed by atoms with Crippen LogP contribution in [0.4, 0.5) is 0 Å². The van der Waals surface area contributed by atoms with E-state index in [-0.39, 0.29) is 0 Å². The van der Waals surface area contributed by atoms with Gasteiger partial charge in [-0.3, -0.25) is 0 Å². The van der Waals surface area contributed by atoms with Crippen molar-refractivity contribution in [1.29, 1.82) is 0 Å². The maximum Gasteiger partial charge on any atom is 0.164 e. The van der Waals surface area contributed by atoms with Crippen LogP contribution in [0.25, 0.3) is 123 Å². The van der Waals surface area contributed by atoms with Gasteiger partial charge in [0, 0.05) is 27.5 Å². The van der Waals surface area contributed by atoms with Gasteiger partial charge in [0.15, 0.2) is 17.5 Å². The van der Waals surface area contributed by atoms with E-state index in [4.69, 9.17) is 19.4 Å². The van der Waals surface area contributed by atoms with Crippen LogP contribution in [0.3, 0.4) is 0 Å². The molecule has 0 N–H and O–H groups in total. The molecule has 1 spiro atoms. The van der Waals surface area contributed by atoms with E-state index in [1.807, 2.05) is 24.3 Å². The lowest BCUT2D eigenvalue weighted by Gasteiger charge is -2.30. The number of rotatable bonds is 7. The normalized spacial score (nSPS) is 12.7. The third-order valence-electron chi connectivity index (χ3n) is 15.4. The van der Waals surface area contributed by atoms with Crippen molar-refractivity contribution in [2.45, 2.75) is 5.41 Å². The molecule has 0 radical (unpaired) electrons. The first-order valence-corrected chi connectivity index (χ1v) is 25.2. The fourth-order valence-corrected chi connectivity index (χ4v) is 12.1. The van der Waals surface area contributed by atoms with E-state index in [0.29, 0.717) is 17.5 Å². The Bertz CT molecular complexity index is 4320. The van der Waals surface area contributed by atoms with Crippen molar-refractivity contribution >= 4 is 21.9 Å². The van der Waals surface area contributed by atoms with Gasteiger partial charge in [-0.2, -0.15) is 0 Å². The van der Waals surface area contributed by atoms with Crippen LogP contribution in [-0.4, -0.2) is 15.0 Å². The van der Waals surface area contributed by atoms with Crippen molar-refractivity contribution in [3.05, 3.63) is 283 Å². The molecule has 0 saturated carbocycles. The minimum atomic E-state index is -0.407. The number of fused-ring (bicyclic) bond motifs is 13. The Morgan fingerprint density at radius 1 is 0.243 bits per heavy atom. The Morgan fingerprint density at radius 3 is 1.34 bits per heavy atom. The summed E-state index contributed by atoms with van der Waals surface area (Å²) >= 11 is 0. The standard InChI is InChI=1S/C70H43N3O/c1-3-18-44(19-4-1)46-22-16-25-51(41-46)67-71-68(57-30-8-7-26-52(57)45-20-5-2-6-21-45)73-69(72-67)58-31-17-35-65-66(58)59-42-49(37-39-64(59)74-65)47-23-15-24-48(40-47)50-36-38-56-55-29-11-14-34-62(55)70(63(56)43-50)60-32-12-9-27-53(60)54-28-10-13-33-61(54)70/h1-43H. The van der Waals surface area contributed by atoms with Crippen LogP contribution in [0, 0.1) is 0 Å². The van der Waals surface area contributed by atoms with Gasteiger partial charge < -0.3 is 4.42 Å². The van der Waals surface area contributed by atoms with Gasteiger partial charge in [0.25, 0.3) is 0 Å². The highest BCUT2D eigenvalue weighted by Gasteiger charge is 2.51. The Morgan fingerprint density at radius 2 is 0.676 bits per heavy atom. The molecule has 2 aliphatic rings. The quantitative estimate of drug-likeness (QED) is 0.160. The largest absolute Gasteiger partial charge is 0.456 e. The molecule has 0 aliphatic heterocycles. The van der Waals surface area contributed by atoms with Crippen LogP contribution in [0.1, 0.15) is 22.3 Å². The smallest absolute Gasteiger partial charge is 0.164 e. The summed E-state index contributed by atoms with van der Waals surface area (Å²) in [5.74, 6) is 1.76. The van der Waals surface area contributed by atoms with E-state index >= 15 is 0 Å². The van der Waals surface area contributed by atoms with Crippen LogP contribution >= 0.6 is 0 Å². The van der Waals surface area contributed by atoms with Gasteiger partial charge in [-0.1, -0.05) is 224 Å². The third-order valence-corrected chi connectivity index (χ3v) is 15.4. The molecule has 4 heteroatoms. The number of hydrogen-bond acceptors (Lipinski definition) is 4. The summed E-state index contributed by atoms with van der Waals surface area (Å²) < 4.78 is 6.66. The molecule has 0 unspecified atom stereocenters. The summed E-state index contributed by atoms with van der Waals surface area (Å²) in [5.41, 5.74) is 23.3. The second-order valence-corrected chi connectivity index (χ2v) is 19.4. The number of benzene rings is 11. The topological polar surface area (TPSA) is 51.8 Å². The van der Waals surface area contributed by atoms with Gasteiger partial charge in [0.1, 0.15) is 11.2 Å². The molecule has 0 bridgehead atoms. The molecular formula is C70H43N3O. The minimum absolute atomic E-state index is 0.407. The molecule has 74 heavy (non-hydrogen) atoms. The average molecular weight is 942 g/mol. The Hall–Kier alpha value is -9.77. The second-order valence-electron chi connectivity index (χ2n) is 19.4. The number of aromatic nitrogens is 3. The summed E-state index contributed by atoms with van der Waals surface area (Å²) in [6, 6.07) is 93.4. The maximum absolute atomic E-state index is 6.66. The second kappa shape index (κ2) is 16.7. The first-order chi connectivity index (χ1) is 36.7. The van der Waals surface area contributed by atoms with Gasteiger partial charge >= 0.3 is 0 Å². The monoisotopic (exact) mass is 941 g/mol. The summed E-state index contributed by atoms with van der Waals surface area (Å²) in [4.78, 5) is 15.9. The lowest BCUT2D eigenvalue weighted by atomic mass is 9.70. The molecule has 15 rings (SSSR count). The number of hydrogen-bond donors (Lipinski definition) is 0. The summed E-state index contributed by atoms with van der Waals surface area (Å²) in [6.45, 7) is 0. The van der Waals surface area contributed by atoms with Crippen molar-refractivity contribution < 1.29 is 4.42 Å². The zero-order valence-electron chi connectivity index (χ0n) is 40.1. The Labute approximate surface area is 428 Å². The molecule has 2 heterocycles. The molecule has 0 atom stereocenters. The van der Waals surface area contributed by atoms with Crippen molar-refractivity contribution in [2.24, 2.45) is 0 Å². The minimum Gasteiger partial charge on any atom is -0.456 e. The fourth-order valence-electron chi connectivity index (χ4n) is 12.1. The number of furan rings is 1. The van der Waals surface area contributed by atoms with Crippen molar-refractivity contribution in [3.63, 3.8) is 0 Å². The van der Waals surface area contributed by atoms with Crippen LogP contribution in [0.15, 0.2) is 265 Å². The predicted molar refractivity (Wildman–Crippen MR) is 301 cm³/mol. The highest BCUT2D eigenvalue weighted by Crippen LogP contribution is 2.63. The lowest BCUT2D eigenvalue weighted by molar-refractivity contribution is 0.669. The van der Waals surface area contributed by atoms with Crippen molar-refractivity contribution in [2.75, 3.05) is 0 Å². The molecule has 4 nitrogen and oxygen atoms in total. The molecule has 344 valence electrons. The van der Waals surface area contributed by atoms with Gasteiger partial charge in [0.2, 0.25) is 0 Å². The van der Waals surface area contributed by atoms with Gasteiger partial charge in [0.05, 0.1) is 5.41 Å². The van der Waals surface area contributed by atoms with Gasteiger partial charge in [-0.25, -0.2) is 15.0 Å². The zero-order chi connectivity index (χ0) is 48.7. The molecule has 0 amide bonds. The fraction of sp³-hybridized carbons (Fsp3) is 0.0143. The van der Waals surface area contributed by atoms with E-state index < -0.39 is 5.41 Å². The molecule has 0 saturated heterocycles. The van der Waals surface area contributed by atoms with Crippen molar-refractivity contribution in [3.8, 4) is 101 Å². The van der Waals surface area contributed by atoms with Crippen LogP contribution in [-0.2, 0) is 5.41 Å². The zero-order valence-corrected chi connectivity index (χ0v) is 40.1. The predicted octanol–water partition coefficient (Wildman–Crippen LogP) is 17.8. The van der Waals surface area contributed by atoms with Gasteiger partial charge in [-0.05, 0) is 125 Å². The van der Waals surface area contributed by atoms with Gasteiger partial charge in [-0.15, -0.1) is 0 Å².